The molecule has 1 unspecified atom stereocenters. The third kappa shape index (κ3) is 6.03. The van der Waals surface area contributed by atoms with E-state index in [0.717, 1.165) is 6.07 Å². The molecule has 1 aliphatic heterocycles. The Bertz CT molecular complexity index is 1040. The van der Waals surface area contributed by atoms with Crippen molar-refractivity contribution >= 4 is 39.6 Å². The average Bonchev–Trinajstić information content (AvgIpc) is 2.96. The number of nitrogens with zero attached hydrogens (tertiary/aromatic N) is 2. The van der Waals surface area contributed by atoms with E-state index in [1.165, 1.54) is 12.1 Å². The predicted octanol–water partition coefficient (Wildman–Crippen LogP) is -0.364. The molecule has 1 atom stereocenters. The second-order valence-electron chi connectivity index (χ2n) is 6.23. The van der Waals surface area contributed by atoms with Crippen molar-refractivity contribution in [3.05, 3.63) is 33.9 Å². The van der Waals surface area contributed by atoms with Gasteiger partial charge in [-0.2, -0.15) is 8.42 Å². The third-order valence-corrected chi connectivity index (χ3v) is 5.12. The van der Waals surface area contributed by atoms with Crippen molar-refractivity contribution in [1.82, 2.24) is 5.06 Å². The molecule has 15 heteroatoms. The molecule has 0 radical (unpaired) electrons. The Morgan fingerprint density at radius 3 is 2.42 bits per heavy atom. The molecule has 0 spiro atoms. The Morgan fingerprint density at radius 2 is 1.87 bits per heavy atom. The van der Waals surface area contributed by atoms with Crippen molar-refractivity contribution in [3.8, 4) is 5.75 Å². The van der Waals surface area contributed by atoms with Crippen molar-refractivity contribution in [2.75, 3.05) is 0 Å². The summed E-state index contributed by atoms with van der Waals surface area (Å²) in [5.74, 6) is -4.66. The molecule has 2 N–H and O–H groups in total. The molecular weight excluding hydrogens is 444 g/mol. The maximum Gasteiger partial charge on any atom is 0.333 e. The highest BCUT2D eigenvalue weighted by Crippen LogP contribution is 2.25. The van der Waals surface area contributed by atoms with Gasteiger partial charge in [-0.1, -0.05) is 0 Å². The molecule has 168 valence electrons. The molecule has 1 saturated heterocycles. The van der Waals surface area contributed by atoms with E-state index in [-0.39, 0.29) is 29.2 Å². The van der Waals surface area contributed by atoms with Crippen LogP contribution in [0, 0.1) is 10.1 Å². The summed E-state index contributed by atoms with van der Waals surface area (Å²) in [6.45, 7) is -0.584. The number of hydrogen-bond donors (Lipinski definition) is 2. The maximum absolute atomic E-state index is 11.8. The number of carbonyl (C=O) groups is 4. The summed E-state index contributed by atoms with van der Waals surface area (Å²) < 4.78 is 35.9. The molecule has 1 heterocycles. The summed E-state index contributed by atoms with van der Waals surface area (Å²) in [5, 5.41) is 17.9. The number of imide groups is 1. The van der Waals surface area contributed by atoms with Crippen molar-refractivity contribution < 1.29 is 51.8 Å². The van der Waals surface area contributed by atoms with Gasteiger partial charge in [0.1, 0.15) is 5.75 Å². The summed E-state index contributed by atoms with van der Waals surface area (Å²) in [4.78, 5) is 61.6. The van der Waals surface area contributed by atoms with Crippen LogP contribution in [0.5, 0.6) is 5.75 Å². The average molecular weight is 460 g/mol. The number of amides is 2. The van der Waals surface area contributed by atoms with Gasteiger partial charge >= 0.3 is 11.9 Å². The number of nitro groups is 1. The zero-order valence-corrected chi connectivity index (χ0v) is 16.4. The first-order chi connectivity index (χ1) is 14.4. The van der Waals surface area contributed by atoms with Gasteiger partial charge in [-0.3, -0.25) is 29.1 Å². The summed E-state index contributed by atoms with van der Waals surface area (Å²) in [5.41, 5.74) is -0.422. The molecule has 0 bridgehead atoms. The van der Waals surface area contributed by atoms with Crippen LogP contribution in [0.15, 0.2) is 18.2 Å². The fraction of sp³-hybridized carbons (Fsp3) is 0.375. The molecule has 1 aliphatic rings. The number of esters is 1. The lowest BCUT2D eigenvalue weighted by Gasteiger charge is -2.13. The van der Waals surface area contributed by atoms with E-state index >= 15 is 0 Å². The fourth-order valence-electron chi connectivity index (χ4n) is 2.53. The molecular formula is C16H16N2O12S. The number of aliphatic hydroxyl groups excluding tert-OH is 1. The van der Waals surface area contributed by atoms with Gasteiger partial charge in [0.15, 0.2) is 5.25 Å². The molecule has 31 heavy (non-hydrogen) atoms. The third-order valence-electron chi connectivity index (χ3n) is 4.03. The van der Waals surface area contributed by atoms with Crippen molar-refractivity contribution in [2.45, 2.75) is 37.5 Å². The fourth-order valence-corrected chi connectivity index (χ4v) is 3.23. The molecule has 0 aromatic heterocycles. The van der Waals surface area contributed by atoms with Gasteiger partial charge in [-0.05, 0) is 18.6 Å². The first kappa shape index (κ1) is 23.8. The molecule has 1 aromatic carbocycles. The standard InChI is InChI=1S/C16H16N2O12S/c19-8-9-4-5-10(6-11(9)18(24)25)29-14(21)2-1-3-15(22)30-17-13(20)7-12(16(17)23)31(26,27)28/h4-6,12,19H,1-3,7-8H2,(H,26,27,28). The van der Waals surface area contributed by atoms with Gasteiger partial charge in [0.05, 0.1) is 29.6 Å². The van der Waals surface area contributed by atoms with Crippen LogP contribution in [0.2, 0.25) is 0 Å². The number of nitro benzene ring substituents is 1. The largest absolute Gasteiger partial charge is 0.426 e. The number of ether oxygens (including phenoxy) is 1. The summed E-state index contributed by atoms with van der Waals surface area (Å²) >= 11 is 0. The lowest BCUT2D eigenvalue weighted by molar-refractivity contribution is -0.385. The molecule has 0 aliphatic carbocycles. The van der Waals surface area contributed by atoms with Crippen LogP contribution < -0.4 is 4.74 Å². The zero-order valence-electron chi connectivity index (χ0n) is 15.6. The van der Waals surface area contributed by atoms with Crippen LogP contribution in [-0.2, 0) is 40.7 Å². The first-order valence-corrected chi connectivity index (χ1v) is 10.1. The number of aliphatic hydroxyl groups is 1. The quantitative estimate of drug-likeness (QED) is 0.121. The van der Waals surface area contributed by atoms with Crippen LogP contribution in [0.25, 0.3) is 0 Å². The minimum Gasteiger partial charge on any atom is -0.426 e. The summed E-state index contributed by atoms with van der Waals surface area (Å²) in [6.07, 6.45) is -1.81. The SMILES string of the molecule is O=C(CCCC(=O)ON1C(=O)CC(S(=O)(=O)O)C1=O)Oc1ccc(CO)c([N+](=O)[O-])c1. The van der Waals surface area contributed by atoms with Crippen molar-refractivity contribution in [2.24, 2.45) is 0 Å². The Kier molecular flexibility index (Phi) is 7.37. The smallest absolute Gasteiger partial charge is 0.333 e. The Balaban J connectivity index is 1.84. The summed E-state index contributed by atoms with van der Waals surface area (Å²) in [6, 6.07) is 3.40. The van der Waals surface area contributed by atoms with E-state index in [1.54, 1.807) is 0 Å². The van der Waals surface area contributed by atoms with Crippen molar-refractivity contribution in [1.29, 1.82) is 0 Å². The highest BCUT2D eigenvalue weighted by atomic mass is 32.2. The van der Waals surface area contributed by atoms with E-state index < -0.39 is 69.2 Å². The molecule has 1 aromatic rings. The van der Waals surface area contributed by atoms with Crippen LogP contribution in [0.4, 0.5) is 5.69 Å². The second-order valence-corrected chi connectivity index (χ2v) is 7.83. The zero-order chi connectivity index (χ0) is 23.3. The molecule has 0 saturated carbocycles. The number of rotatable bonds is 9. The monoisotopic (exact) mass is 460 g/mol. The topological polar surface area (TPSA) is 208 Å². The number of hydrogen-bond acceptors (Lipinski definition) is 11. The lowest BCUT2D eigenvalue weighted by atomic mass is 10.2. The summed E-state index contributed by atoms with van der Waals surface area (Å²) in [7, 11) is -4.84. The number of hydroxylamine groups is 2. The Morgan fingerprint density at radius 1 is 1.23 bits per heavy atom. The van der Waals surface area contributed by atoms with Gasteiger partial charge in [0.2, 0.25) is 0 Å². The van der Waals surface area contributed by atoms with Gasteiger partial charge in [-0.15, -0.1) is 5.06 Å². The Labute approximate surface area is 174 Å². The molecule has 2 amide bonds. The maximum atomic E-state index is 11.8. The van der Waals surface area contributed by atoms with E-state index in [0.29, 0.717) is 0 Å². The van der Waals surface area contributed by atoms with Gasteiger partial charge in [-0.25, -0.2) is 4.79 Å². The number of carbonyl (C=O) groups excluding carboxylic acids is 4. The minimum absolute atomic E-state index is 0.0230. The van der Waals surface area contributed by atoms with E-state index in [2.05, 4.69) is 4.84 Å². The van der Waals surface area contributed by atoms with Crippen LogP contribution in [0.1, 0.15) is 31.2 Å². The van der Waals surface area contributed by atoms with Crippen LogP contribution >= 0.6 is 0 Å². The van der Waals surface area contributed by atoms with E-state index in [1.807, 2.05) is 0 Å². The highest BCUT2D eigenvalue weighted by molar-refractivity contribution is 7.87. The first-order valence-electron chi connectivity index (χ1n) is 8.56. The predicted molar refractivity (Wildman–Crippen MR) is 96.4 cm³/mol. The van der Waals surface area contributed by atoms with Crippen LogP contribution in [-0.4, -0.2) is 57.1 Å². The molecule has 14 nitrogen and oxygen atoms in total. The van der Waals surface area contributed by atoms with E-state index in [9.17, 15) is 37.7 Å². The second kappa shape index (κ2) is 9.59. The highest BCUT2D eigenvalue weighted by Gasteiger charge is 2.48. The van der Waals surface area contributed by atoms with Crippen LogP contribution in [0.3, 0.4) is 0 Å². The van der Waals surface area contributed by atoms with Gasteiger partial charge < -0.3 is 14.7 Å². The van der Waals surface area contributed by atoms with Gasteiger partial charge in [0, 0.05) is 12.8 Å². The Hall–Kier alpha value is -3.43. The molecule has 2 rings (SSSR count). The number of benzene rings is 1. The molecule has 1 fully saturated rings. The normalized spacial score (nSPS) is 16.3. The van der Waals surface area contributed by atoms with Crippen molar-refractivity contribution in [3.63, 3.8) is 0 Å². The minimum atomic E-state index is -4.84. The van der Waals surface area contributed by atoms with Gasteiger partial charge in [0.25, 0.3) is 27.6 Å². The van der Waals surface area contributed by atoms with E-state index in [4.69, 9.17) is 14.4 Å². The lowest BCUT2D eigenvalue weighted by Crippen LogP contribution is -2.36.